The predicted molar refractivity (Wildman–Crippen MR) is 70.0 cm³/mol. The summed E-state index contributed by atoms with van der Waals surface area (Å²) < 4.78 is 5.27. The number of fused-ring (bicyclic) bond motifs is 1. The molecule has 0 fully saturated rings. The van der Waals surface area contributed by atoms with Crippen LogP contribution in [0, 0.1) is 0 Å². The Bertz CT molecular complexity index is 704. The molecule has 0 saturated carbocycles. The molecule has 2 aromatic heterocycles. The Labute approximate surface area is 109 Å². The second kappa shape index (κ2) is 4.74. The van der Waals surface area contributed by atoms with E-state index in [4.69, 9.17) is 10.3 Å². The third-order valence-electron chi connectivity index (χ3n) is 2.94. The number of aromatic nitrogens is 4. The SMILES string of the molecule is CCC(N)c1noc(-c2cccc3nccnc23)n1. The molecule has 6 nitrogen and oxygen atoms in total. The van der Waals surface area contributed by atoms with Gasteiger partial charge < -0.3 is 10.3 Å². The first-order valence-corrected chi connectivity index (χ1v) is 6.09. The third-order valence-corrected chi connectivity index (χ3v) is 2.94. The molecule has 0 amide bonds. The fraction of sp³-hybridized carbons (Fsp3) is 0.231. The van der Waals surface area contributed by atoms with Gasteiger partial charge in [0.1, 0.15) is 5.52 Å². The van der Waals surface area contributed by atoms with Crippen molar-refractivity contribution in [1.82, 2.24) is 20.1 Å². The van der Waals surface area contributed by atoms with Crippen LogP contribution in [-0.2, 0) is 0 Å². The number of nitrogens with two attached hydrogens (primary N) is 1. The lowest BCUT2D eigenvalue weighted by Crippen LogP contribution is -2.10. The highest BCUT2D eigenvalue weighted by Crippen LogP contribution is 2.25. The third kappa shape index (κ3) is 2.06. The molecule has 2 N–H and O–H groups in total. The first-order chi connectivity index (χ1) is 9.29. The highest BCUT2D eigenvalue weighted by Gasteiger charge is 2.16. The van der Waals surface area contributed by atoms with Crippen molar-refractivity contribution >= 4 is 11.0 Å². The van der Waals surface area contributed by atoms with Gasteiger partial charge in [-0.3, -0.25) is 9.97 Å². The van der Waals surface area contributed by atoms with Crippen LogP contribution in [-0.4, -0.2) is 20.1 Å². The maximum Gasteiger partial charge on any atom is 0.260 e. The number of rotatable bonds is 3. The minimum atomic E-state index is -0.210. The Hall–Kier alpha value is -2.34. The topological polar surface area (TPSA) is 90.7 Å². The van der Waals surface area contributed by atoms with Crippen LogP contribution in [0.5, 0.6) is 0 Å². The lowest BCUT2D eigenvalue weighted by molar-refractivity contribution is 0.415. The lowest BCUT2D eigenvalue weighted by atomic mass is 10.1. The van der Waals surface area contributed by atoms with E-state index in [0.717, 1.165) is 23.0 Å². The summed E-state index contributed by atoms with van der Waals surface area (Å²) in [4.78, 5) is 12.9. The van der Waals surface area contributed by atoms with Crippen molar-refractivity contribution in [2.75, 3.05) is 0 Å². The normalized spacial score (nSPS) is 12.7. The Kier molecular flexibility index (Phi) is 2.92. The van der Waals surface area contributed by atoms with Gasteiger partial charge in [0.15, 0.2) is 5.82 Å². The average Bonchev–Trinajstić information content (AvgIpc) is 2.95. The molecule has 0 aliphatic carbocycles. The number of hydrogen-bond acceptors (Lipinski definition) is 6. The molecular formula is C13H13N5O. The smallest absolute Gasteiger partial charge is 0.260 e. The van der Waals surface area contributed by atoms with E-state index >= 15 is 0 Å². The summed E-state index contributed by atoms with van der Waals surface area (Å²) in [6.07, 6.45) is 4.05. The number of benzene rings is 1. The van der Waals surface area contributed by atoms with Crippen LogP contribution in [0.15, 0.2) is 35.1 Å². The largest absolute Gasteiger partial charge is 0.334 e. The molecule has 96 valence electrons. The zero-order chi connectivity index (χ0) is 13.2. The van der Waals surface area contributed by atoms with Gasteiger partial charge in [-0.1, -0.05) is 18.1 Å². The summed E-state index contributed by atoms with van der Waals surface area (Å²) in [7, 11) is 0. The van der Waals surface area contributed by atoms with Crippen molar-refractivity contribution in [3.8, 4) is 11.5 Å². The van der Waals surface area contributed by atoms with E-state index in [1.54, 1.807) is 12.4 Å². The van der Waals surface area contributed by atoms with E-state index in [0.29, 0.717) is 11.7 Å². The molecule has 0 saturated heterocycles. The number of hydrogen-bond donors (Lipinski definition) is 1. The zero-order valence-electron chi connectivity index (χ0n) is 10.4. The summed E-state index contributed by atoms with van der Waals surface area (Å²) in [5.41, 5.74) is 8.19. The first-order valence-electron chi connectivity index (χ1n) is 6.09. The molecule has 6 heteroatoms. The number of para-hydroxylation sites is 1. The second-order valence-electron chi connectivity index (χ2n) is 4.20. The summed E-state index contributed by atoms with van der Waals surface area (Å²) in [5.74, 6) is 0.934. The van der Waals surface area contributed by atoms with E-state index in [2.05, 4.69) is 20.1 Å². The molecule has 0 aliphatic heterocycles. The summed E-state index contributed by atoms with van der Waals surface area (Å²) in [6, 6.07) is 5.45. The Balaban J connectivity index is 2.12. The standard InChI is InChI=1S/C13H13N5O/c1-2-9(14)12-17-13(19-18-12)8-4-3-5-10-11(8)16-7-6-15-10/h3-7,9H,2,14H2,1H3. The lowest BCUT2D eigenvalue weighted by Gasteiger charge is -2.00. The molecule has 0 aliphatic rings. The van der Waals surface area contributed by atoms with Gasteiger partial charge in [0.05, 0.1) is 17.1 Å². The molecule has 0 spiro atoms. The fourth-order valence-electron chi connectivity index (χ4n) is 1.84. The summed E-state index contributed by atoms with van der Waals surface area (Å²) in [6.45, 7) is 1.98. The van der Waals surface area contributed by atoms with Gasteiger partial charge in [0, 0.05) is 12.4 Å². The second-order valence-corrected chi connectivity index (χ2v) is 4.20. The van der Waals surface area contributed by atoms with Gasteiger partial charge in [-0.15, -0.1) is 0 Å². The minimum absolute atomic E-state index is 0.210. The average molecular weight is 255 g/mol. The van der Waals surface area contributed by atoms with Crippen LogP contribution >= 0.6 is 0 Å². The number of nitrogens with zero attached hydrogens (tertiary/aromatic N) is 4. The highest BCUT2D eigenvalue weighted by molar-refractivity contribution is 5.88. The van der Waals surface area contributed by atoms with Crippen LogP contribution < -0.4 is 5.73 Å². The van der Waals surface area contributed by atoms with Gasteiger partial charge in [-0.25, -0.2) is 0 Å². The van der Waals surface area contributed by atoms with Crippen molar-refractivity contribution in [2.45, 2.75) is 19.4 Å². The summed E-state index contributed by atoms with van der Waals surface area (Å²) in [5, 5.41) is 3.91. The van der Waals surface area contributed by atoms with E-state index < -0.39 is 0 Å². The van der Waals surface area contributed by atoms with Gasteiger partial charge in [-0.2, -0.15) is 4.98 Å². The maximum absolute atomic E-state index is 5.89. The van der Waals surface area contributed by atoms with E-state index in [-0.39, 0.29) is 6.04 Å². The van der Waals surface area contributed by atoms with Crippen LogP contribution in [0.4, 0.5) is 0 Å². The zero-order valence-corrected chi connectivity index (χ0v) is 10.4. The van der Waals surface area contributed by atoms with Crippen molar-refractivity contribution < 1.29 is 4.52 Å². The monoisotopic (exact) mass is 255 g/mol. The Morgan fingerprint density at radius 2 is 2.11 bits per heavy atom. The highest BCUT2D eigenvalue weighted by atomic mass is 16.5. The Morgan fingerprint density at radius 3 is 2.95 bits per heavy atom. The Morgan fingerprint density at radius 1 is 1.26 bits per heavy atom. The van der Waals surface area contributed by atoms with Gasteiger partial charge in [-0.05, 0) is 18.6 Å². The molecule has 3 aromatic rings. The molecule has 1 atom stereocenters. The fourth-order valence-corrected chi connectivity index (χ4v) is 1.84. The molecular weight excluding hydrogens is 242 g/mol. The van der Waals surface area contributed by atoms with Gasteiger partial charge in [0.2, 0.25) is 0 Å². The van der Waals surface area contributed by atoms with E-state index in [1.807, 2.05) is 25.1 Å². The van der Waals surface area contributed by atoms with E-state index in [1.165, 1.54) is 0 Å². The first kappa shape index (κ1) is 11.7. The van der Waals surface area contributed by atoms with Crippen molar-refractivity contribution in [3.63, 3.8) is 0 Å². The van der Waals surface area contributed by atoms with Crippen LogP contribution in [0.3, 0.4) is 0 Å². The van der Waals surface area contributed by atoms with Crippen molar-refractivity contribution in [2.24, 2.45) is 5.73 Å². The van der Waals surface area contributed by atoms with Gasteiger partial charge >= 0.3 is 0 Å². The molecule has 1 aromatic carbocycles. The molecule has 19 heavy (non-hydrogen) atoms. The molecule has 2 heterocycles. The van der Waals surface area contributed by atoms with Crippen molar-refractivity contribution in [1.29, 1.82) is 0 Å². The molecule has 0 bridgehead atoms. The van der Waals surface area contributed by atoms with Crippen LogP contribution in [0.25, 0.3) is 22.5 Å². The van der Waals surface area contributed by atoms with E-state index in [9.17, 15) is 0 Å². The van der Waals surface area contributed by atoms with Crippen LogP contribution in [0.1, 0.15) is 25.2 Å². The molecule has 3 rings (SSSR count). The molecule has 0 radical (unpaired) electrons. The van der Waals surface area contributed by atoms with Crippen molar-refractivity contribution in [3.05, 3.63) is 36.4 Å². The molecule has 1 unspecified atom stereocenters. The predicted octanol–water partition coefficient (Wildman–Crippen LogP) is 2.09. The quantitative estimate of drug-likeness (QED) is 0.770. The van der Waals surface area contributed by atoms with Crippen LogP contribution in [0.2, 0.25) is 0 Å². The van der Waals surface area contributed by atoms with Gasteiger partial charge in [0.25, 0.3) is 5.89 Å². The maximum atomic E-state index is 5.89. The minimum Gasteiger partial charge on any atom is -0.334 e. The summed E-state index contributed by atoms with van der Waals surface area (Å²) >= 11 is 0.